The molecule has 5 rings (SSSR count). The van der Waals surface area contributed by atoms with Gasteiger partial charge in [0, 0.05) is 72.0 Å². The van der Waals surface area contributed by atoms with Crippen molar-refractivity contribution in [2.45, 2.75) is 31.8 Å². The van der Waals surface area contributed by atoms with Gasteiger partial charge in [0.1, 0.15) is 25.4 Å². The lowest BCUT2D eigenvalue weighted by Gasteiger charge is -2.38. The van der Waals surface area contributed by atoms with Crippen LogP contribution < -0.4 is 5.73 Å². The molecular weight excluding hydrogens is 590 g/mol. The second kappa shape index (κ2) is 16.4. The SMILES string of the molecule is N=C(N)N1CCN(CCN2CC(CN3CCN(C(CC(=O)OCc4ccccc4)C(=O)OCc4ccccc4)CC3)OC2=O)CC1. The predicted octanol–water partition coefficient (Wildman–Crippen LogP) is 1.18. The van der Waals surface area contributed by atoms with Crippen LogP contribution in [0.4, 0.5) is 4.79 Å². The van der Waals surface area contributed by atoms with Crippen LogP contribution in [0.5, 0.6) is 0 Å². The van der Waals surface area contributed by atoms with Crippen molar-refractivity contribution in [2.24, 2.45) is 5.73 Å². The molecule has 3 aliphatic heterocycles. The molecule has 0 radical (unpaired) electrons. The third kappa shape index (κ3) is 9.65. The fraction of sp³-hybridized carbons (Fsp3) is 0.515. The van der Waals surface area contributed by atoms with E-state index in [0.29, 0.717) is 45.8 Å². The zero-order valence-electron chi connectivity index (χ0n) is 26.3. The molecular formula is C33H45N7O6. The van der Waals surface area contributed by atoms with Gasteiger partial charge in [-0.3, -0.25) is 29.7 Å². The van der Waals surface area contributed by atoms with Gasteiger partial charge in [-0.25, -0.2) is 4.79 Å². The highest BCUT2D eigenvalue weighted by Gasteiger charge is 2.36. The summed E-state index contributed by atoms with van der Waals surface area (Å²) >= 11 is 0. The summed E-state index contributed by atoms with van der Waals surface area (Å²) in [5, 5.41) is 7.58. The molecule has 0 bridgehead atoms. The van der Waals surface area contributed by atoms with Crippen LogP contribution in [0.25, 0.3) is 0 Å². The van der Waals surface area contributed by atoms with Crippen LogP contribution in [0.2, 0.25) is 0 Å². The van der Waals surface area contributed by atoms with Crippen LogP contribution in [-0.4, -0.2) is 139 Å². The lowest BCUT2D eigenvalue weighted by molar-refractivity contribution is -0.159. The van der Waals surface area contributed by atoms with E-state index in [1.807, 2.05) is 70.5 Å². The van der Waals surface area contributed by atoms with E-state index in [1.54, 1.807) is 4.90 Å². The number of nitrogens with one attached hydrogen (secondary N) is 1. The molecule has 46 heavy (non-hydrogen) atoms. The third-order valence-electron chi connectivity index (χ3n) is 8.76. The van der Waals surface area contributed by atoms with Gasteiger partial charge >= 0.3 is 18.0 Å². The number of nitrogens with zero attached hydrogens (tertiary/aromatic N) is 5. The zero-order chi connectivity index (χ0) is 32.3. The van der Waals surface area contributed by atoms with Gasteiger partial charge in [-0.15, -0.1) is 0 Å². The molecule has 3 heterocycles. The maximum atomic E-state index is 13.3. The summed E-state index contributed by atoms with van der Waals surface area (Å²) in [4.78, 5) is 48.9. The first-order chi connectivity index (χ1) is 22.3. The number of rotatable bonds is 13. The highest BCUT2D eigenvalue weighted by atomic mass is 16.6. The largest absolute Gasteiger partial charge is 0.461 e. The number of hydrogen-bond donors (Lipinski definition) is 2. The lowest BCUT2D eigenvalue weighted by Crippen LogP contribution is -2.54. The van der Waals surface area contributed by atoms with Crippen LogP contribution in [-0.2, 0) is 37.0 Å². The standard InChI is InChI=1S/C33H45N7O6/c34-32(35)39-18-11-36(12-19-39)13-20-40-23-28(46-33(40)43)22-37-14-16-38(17-15-37)29(31(42)45-25-27-9-5-2-6-10-27)21-30(41)44-24-26-7-3-1-4-8-26/h1-10,28-29H,11-25H2,(H3,34,35). The Morgan fingerprint density at radius 1 is 0.826 bits per heavy atom. The quantitative estimate of drug-likeness (QED) is 0.142. The van der Waals surface area contributed by atoms with Crippen molar-refractivity contribution in [1.82, 2.24) is 24.5 Å². The summed E-state index contributed by atoms with van der Waals surface area (Å²) in [6.07, 6.45) is -0.617. The van der Waals surface area contributed by atoms with Crippen molar-refractivity contribution in [3.63, 3.8) is 0 Å². The molecule has 3 fully saturated rings. The minimum atomic E-state index is -0.758. The molecule has 2 aromatic rings. The molecule has 3 saturated heterocycles. The molecule has 0 aliphatic carbocycles. The fourth-order valence-corrected chi connectivity index (χ4v) is 6.01. The number of amides is 1. The Morgan fingerprint density at radius 3 is 2.02 bits per heavy atom. The van der Waals surface area contributed by atoms with E-state index in [-0.39, 0.29) is 37.8 Å². The summed E-state index contributed by atoms with van der Waals surface area (Å²) in [5.41, 5.74) is 7.35. The molecule has 0 spiro atoms. The van der Waals surface area contributed by atoms with Gasteiger partial charge in [0.2, 0.25) is 0 Å². The van der Waals surface area contributed by atoms with E-state index in [1.165, 1.54) is 0 Å². The summed E-state index contributed by atoms with van der Waals surface area (Å²) in [7, 11) is 0. The molecule has 0 saturated carbocycles. The molecule has 1 amide bonds. The molecule has 13 heteroatoms. The number of carbonyl (C=O) groups excluding carboxylic acids is 3. The Kier molecular flexibility index (Phi) is 11.8. The Hall–Kier alpha value is -4.20. The van der Waals surface area contributed by atoms with Crippen molar-refractivity contribution in [2.75, 3.05) is 78.5 Å². The molecule has 13 nitrogen and oxygen atoms in total. The lowest BCUT2D eigenvalue weighted by atomic mass is 10.1. The van der Waals surface area contributed by atoms with Gasteiger partial charge in [-0.1, -0.05) is 60.7 Å². The van der Waals surface area contributed by atoms with Gasteiger partial charge in [0.15, 0.2) is 5.96 Å². The van der Waals surface area contributed by atoms with Gasteiger partial charge in [-0.05, 0) is 11.1 Å². The average Bonchev–Trinajstić information content (AvgIpc) is 3.43. The normalized spacial score (nSPS) is 20.3. The predicted molar refractivity (Wildman–Crippen MR) is 171 cm³/mol. The summed E-state index contributed by atoms with van der Waals surface area (Å²) in [6, 6.07) is 18.2. The second-order valence-corrected chi connectivity index (χ2v) is 12.0. The van der Waals surface area contributed by atoms with Gasteiger partial charge in [0.25, 0.3) is 0 Å². The Labute approximate surface area is 270 Å². The fourth-order valence-electron chi connectivity index (χ4n) is 6.01. The zero-order valence-corrected chi connectivity index (χ0v) is 26.3. The van der Waals surface area contributed by atoms with E-state index < -0.39 is 18.0 Å². The second-order valence-electron chi connectivity index (χ2n) is 12.0. The van der Waals surface area contributed by atoms with E-state index in [9.17, 15) is 14.4 Å². The molecule has 2 unspecified atom stereocenters. The number of benzene rings is 2. The molecule has 2 atom stereocenters. The summed E-state index contributed by atoms with van der Waals surface area (Å²) in [5.74, 6) is -0.796. The van der Waals surface area contributed by atoms with Crippen LogP contribution in [0.3, 0.4) is 0 Å². The monoisotopic (exact) mass is 635 g/mol. The van der Waals surface area contributed by atoms with E-state index in [4.69, 9.17) is 25.4 Å². The van der Waals surface area contributed by atoms with Gasteiger partial charge in [0.05, 0.1) is 13.0 Å². The smallest absolute Gasteiger partial charge is 0.410 e. The number of guanidine groups is 1. The number of ether oxygens (including phenoxy) is 3. The highest BCUT2D eigenvalue weighted by Crippen LogP contribution is 2.18. The average molecular weight is 636 g/mol. The minimum absolute atomic E-state index is 0.0978. The number of esters is 2. The van der Waals surface area contributed by atoms with Crippen LogP contribution in [0.15, 0.2) is 60.7 Å². The Morgan fingerprint density at radius 2 is 1.41 bits per heavy atom. The summed E-state index contributed by atoms with van der Waals surface area (Å²) in [6.45, 7) is 8.27. The van der Waals surface area contributed by atoms with Crippen LogP contribution in [0.1, 0.15) is 17.5 Å². The first-order valence-electron chi connectivity index (χ1n) is 16.0. The number of carbonyl (C=O) groups is 3. The number of piperazine rings is 2. The topological polar surface area (TPSA) is 145 Å². The van der Waals surface area contributed by atoms with Crippen LogP contribution in [0, 0.1) is 5.41 Å². The summed E-state index contributed by atoms with van der Waals surface area (Å²) < 4.78 is 16.9. The van der Waals surface area contributed by atoms with Crippen molar-refractivity contribution >= 4 is 24.0 Å². The highest BCUT2D eigenvalue weighted by molar-refractivity contribution is 5.82. The number of cyclic esters (lactones) is 1. The Balaban J connectivity index is 1.08. The molecule has 248 valence electrons. The molecule has 3 aliphatic rings. The van der Waals surface area contributed by atoms with Gasteiger partial charge in [-0.2, -0.15) is 0 Å². The molecule has 3 N–H and O–H groups in total. The van der Waals surface area contributed by atoms with Crippen molar-refractivity contribution in [3.8, 4) is 0 Å². The van der Waals surface area contributed by atoms with E-state index in [2.05, 4.69) is 9.80 Å². The Bertz CT molecular complexity index is 1300. The first-order valence-corrected chi connectivity index (χ1v) is 16.0. The third-order valence-corrected chi connectivity index (χ3v) is 8.76. The maximum absolute atomic E-state index is 13.3. The number of nitrogens with two attached hydrogens (primary N) is 1. The first kappa shape index (κ1) is 33.2. The van der Waals surface area contributed by atoms with Crippen molar-refractivity contribution in [1.29, 1.82) is 5.41 Å². The van der Waals surface area contributed by atoms with E-state index in [0.717, 1.165) is 43.9 Å². The minimum Gasteiger partial charge on any atom is -0.461 e. The van der Waals surface area contributed by atoms with Crippen molar-refractivity contribution < 1.29 is 28.6 Å². The molecule has 2 aromatic carbocycles. The van der Waals surface area contributed by atoms with Crippen molar-refractivity contribution in [3.05, 3.63) is 71.8 Å². The number of hydrogen-bond acceptors (Lipinski definition) is 10. The van der Waals surface area contributed by atoms with Crippen LogP contribution >= 0.6 is 0 Å². The van der Waals surface area contributed by atoms with E-state index >= 15 is 0 Å². The molecule has 0 aromatic heterocycles. The maximum Gasteiger partial charge on any atom is 0.410 e. The van der Waals surface area contributed by atoms with Gasteiger partial charge < -0.3 is 29.7 Å².